The SMILES string of the molecule is CCCCc1cc(C=NNC(N)=O)c2ccccc2n1. The van der Waals surface area contributed by atoms with E-state index in [2.05, 4.69) is 22.4 Å². The Morgan fingerprint density at radius 2 is 2.25 bits per heavy atom. The van der Waals surface area contributed by atoms with E-state index in [1.807, 2.05) is 30.3 Å². The lowest BCUT2D eigenvalue weighted by Gasteiger charge is -2.06. The lowest BCUT2D eigenvalue weighted by atomic mass is 10.1. The van der Waals surface area contributed by atoms with E-state index in [9.17, 15) is 4.79 Å². The smallest absolute Gasteiger partial charge is 0.332 e. The third kappa shape index (κ3) is 3.54. The molecule has 2 rings (SSSR count). The number of hydrogen-bond acceptors (Lipinski definition) is 3. The topological polar surface area (TPSA) is 80.4 Å². The van der Waals surface area contributed by atoms with Crippen LogP contribution in [-0.4, -0.2) is 17.2 Å². The van der Waals surface area contributed by atoms with Crippen molar-refractivity contribution < 1.29 is 4.79 Å². The summed E-state index contributed by atoms with van der Waals surface area (Å²) in [6.45, 7) is 2.15. The van der Waals surface area contributed by atoms with Gasteiger partial charge in [0, 0.05) is 16.6 Å². The highest BCUT2D eigenvalue weighted by Gasteiger charge is 2.04. The molecule has 0 atom stereocenters. The van der Waals surface area contributed by atoms with Crippen molar-refractivity contribution >= 4 is 23.1 Å². The minimum Gasteiger partial charge on any atom is -0.350 e. The molecule has 1 aromatic heterocycles. The van der Waals surface area contributed by atoms with Gasteiger partial charge < -0.3 is 5.73 Å². The highest BCUT2D eigenvalue weighted by Crippen LogP contribution is 2.18. The average molecular weight is 270 g/mol. The largest absolute Gasteiger partial charge is 0.350 e. The number of hydrogen-bond donors (Lipinski definition) is 2. The number of carbonyl (C=O) groups is 1. The van der Waals surface area contributed by atoms with E-state index >= 15 is 0 Å². The first-order valence-electron chi connectivity index (χ1n) is 6.68. The fourth-order valence-electron chi connectivity index (χ4n) is 2.02. The summed E-state index contributed by atoms with van der Waals surface area (Å²) in [5.74, 6) is 0. The van der Waals surface area contributed by atoms with Gasteiger partial charge in [-0.1, -0.05) is 31.5 Å². The van der Waals surface area contributed by atoms with Crippen molar-refractivity contribution in [2.45, 2.75) is 26.2 Å². The quantitative estimate of drug-likeness (QED) is 0.646. The number of para-hydroxylation sites is 1. The van der Waals surface area contributed by atoms with E-state index < -0.39 is 6.03 Å². The van der Waals surface area contributed by atoms with Crippen molar-refractivity contribution in [3.8, 4) is 0 Å². The zero-order chi connectivity index (χ0) is 14.4. The number of nitrogens with zero attached hydrogens (tertiary/aromatic N) is 2. The van der Waals surface area contributed by atoms with Gasteiger partial charge in [0.25, 0.3) is 0 Å². The number of nitrogens with two attached hydrogens (primary N) is 1. The molecule has 1 heterocycles. The van der Waals surface area contributed by atoms with Crippen molar-refractivity contribution in [2.24, 2.45) is 10.8 Å². The third-order valence-electron chi connectivity index (χ3n) is 2.97. The fourth-order valence-corrected chi connectivity index (χ4v) is 2.02. The second kappa shape index (κ2) is 6.65. The lowest BCUT2D eigenvalue weighted by molar-refractivity contribution is 0.249. The molecule has 0 fully saturated rings. The van der Waals surface area contributed by atoms with Gasteiger partial charge in [-0.25, -0.2) is 10.2 Å². The van der Waals surface area contributed by atoms with Crippen LogP contribution in [0.4, 0.5) is 4.79 Å². The number of hydrazone groups is 1. The molecule has 2 amide bonds. The summed E-state index contributed by atoms with van der Waals surface area (Å²) in [4.78, 5) is 15.3. The Hall–Kier alpha value is -2.43. The predicted octanol–water partition coefficient (Wildman–Crippen LogP) is 2.58. The van der Waals surface area contributed by atoms with Crippen LogP contribution < -0.4 is 11.2 Å². The van der Waals surface area contributed by atoms with Gasteiger partial charge in [-0.3, -0.25) is 4.98 Å². The molecule has 0 aliphatic heterocycles. The monoisotopic (exact) mass is 270 g/mol. The number of urea groups is 1. The van der Waals surface area contributed by atoms with E-state index in [0.29, 0.717) is 0 Å². The highest BCUT2D eigenvalue weighted by atomic mass is 16.2. The highest BCUT2D eigenvalue weighted by molar-refractivity contribution is 5.98. The van der Waals surface area contributed by atoms with E-state index in [4.69, 9.17) is 5.73 Å². The second-order valence-corrected chi connectivity index (χ2v) is 4.56. The number of fused-ring (bicyclic) bond motifs is 1. The Morgan fingerprint density at radius 1 is 1.45 bits per heavy atom. The first-order valence-corrected chi connectivity index (χ1v) is 6.68. The Labute approximate surface area is 117 Å². The number of unbranched alkanes of at least 4 members (excludes halogenated alkanes) is 1. The molecule has 2 aromatic rings. The molecule has 0 saturated carbocycles. The number of aryl methyl sites for hydroxylation is 1. The normalized spacial score (nSPS) is 11.1. The van der Waals surface area contributed by atoms with Gasteiger partial charge in [-0.2, -0.15) is 5.10 Å². The van der Waals surface area contributed by atoms with Gasteiger partial charge in [-0.15, -0.1) is 0 Å². The molecule has 3 N–H and O–H groups in total. The molecule has 104 valence electrons. The molecule has 0 aliphatic rings. The van der Waals surface area contributed by atoms with Gasteiger partial charge in [0.15, 0.2) is 0 Å². The van der Waals surface area contributed by atoms with Gasteiger partial charge >= 0.3 is 6.03 Å². The van der Waals surface area contributed by atoms with Crippen molar-refractivity contribution in [3.05, 3.63) is 41.6 Å². The maximum absolute atomic E-state index is 10.6. The standard InChI is InChI=1S/C15H18N4O/c1-2-3-6-12-9-11(10-17-19-15(16)20)13-7-4-5-8-14(13)18-12/h4-5,7-10H,2-3,6H2,1H3,(H3,16,19,20). The Morgan fingerprint density at radius 3 is 3.00 bits per heavy atom. The summed E-state index contributed by atoms with van der Waals surface area (Å²) < 4.78 is 0. The summed E-state index contributed by atoms with van der Waals surface area (Å²) >= 11 is 0. The van der Waals surface area contributed by atoms with Crippen LogP contribution in [0.5, 0.6) is 0 Å². The molecular weight excluding hydrogens is 252 g/mol. The zero-order valence-electron chi connectivity index (χ0n) is 11.5. The van der Waals surface area contributed by atoms with E-state index in [0.717, 1.165) is 41.4 Å². The number of rotatable bonds is 5. The number of benzene rings is 1. The maximum Gasteiger partial charge on any atom is 0.332 e. The minimum absolute atomic E-state index is 0.675. The van der Waals surface area contributed by atoms with Gasteiger partial charge in [0.05, 0.1) is 11.7 Å². The second-order valence-electron chi connectivity index (χ2n) is 4.56. The third-order valence-corrected chi connectivity index (χ3v) is 2.97. The van der Waals surface area contributed by atoms with Crippen LogP contribution in [0, 0.1) is 0 Å². The molecule has 0 saturated heterocycles. The Balaban J connectivity index is 2.38. The molecular formula is C15H18N4O. The molecule has 0 spiro atoms. The molecule has 0 aliphatic carbocycles. The number of aromatic nitrogens is 1. The molecule has 20 heavy (non-hydrogen) atoms. The van der Waals surface area contributed by atoms with Crippen LogP contribution in [0.2, 0.25) is 0 Å². The van der Waals surface area contributed by atoms with E-state index in [1.165, 1.54) is 0 Å². The van der Waals surface area contributed by atoms with Crippen molar-refractivity contribution in [1.82, 2.24) is 10.4 Å². The van der Waals surface area contributed by atoms with Crippen LogP contribution in [-0.2, 0) is 6.42 Å². The fraction of sp³-hybridized carbons (Fsp3) is 0.267. The Bertz CT molecular complexity index is 637. The van der Waals surface area contributed by atoms with Crippen LogP contribution in [0.1, 0.15) is 31.0 Å². The number of amides is 2. The number of primary amides is 1. The minimum atomic E-state index is -0.675. The van der Waals surface area contributed by atoms with Crippen LogP contribution in [0.25, 0.3) is 10.9 Å². The van der Waals surface area contributed by atoms with Crippen LogP contribution >= 0.6 is 0 Å². The molecule has 0 unspecified atom stereocenters. The van der Waals surface area contributed by atoms with Crippen molar-refractivity contribution in [1.29, 1.82) is 0 Å². The summed E-state index contributed by atoms with van der Waals surface area (Å²) in [6, 6.07) is 9.20. The first kappa shape index (κ1) is 14.0. The molecule has 0 bridgehead atoms. The average Bonchev–Trinajstić information content (AvgIpc) is 2.44. The van der Waals surface area contributed by atoms with Gasteiger partial charge in [0.2, 0.25) is 0 Å². The Kier molecular flexibility index (Phi) is 4.65. The van der Waals surface area contributed by atoms with E-state index in [1.54, 1.807) is 6.21 Å². The predicted molar refractivity (Wildman–Crippen MR) is 80.7 cm³/mol. The maximum atomic E-state index is 10.6. The molecule has 5 nitrogen and oxygen atoms in total. The first-order chi connectivity index (χ1) is 9.70. The summed E-state index contributed by atoms with van der Waals surface area (Å²) in [6.07, 6.45) is 4.76. The molecule has 0 radical (unpaired) electrons. The van der Waals surface area contributed by atoms with Gasteiger partial charge in [0.1, 0.15) is 0 Å². The lowest BCUT2D eigenvalue weighted by Crippen LogP contribution is -2.24. The summed E-state index contributed by atoms with van der Waals surface area (Å²) in [5.41, 5.74) is 10.1. The van der Waals surface area contributed by atoms with Crippen LogP contribution in [0.3, 0.4) is 0 Å². The van der Waals surface area contributed by atoms with Crippen LogP contribution in [0.15, 0.2) is 35.4 Å². The van der Waals surface area contributed by atoms with Gasteiger partial charge in [-0.05, 0) is 25.0 Å². The summed E-state index contributed by atoms with van der Waals surface area (Å²) in [5, 5.41) is 4.84. The number of pyridine rings is 1. The number of carbonyl (C=O) groups excluding carboxylic acids is 1. The van der Waals surface area contributed by atoms with Crippen molar-refractivity contribution in [3.63, 3.8) is 0 Å². The van der Waals surface area contributed by atoms with E-state index in [-0.39, 0.29) is 0 Å². The summed E-state index contributed by atoms with van der Waals surface area (Å²) in [7, 11) is 0. The molecule has 5 heteroatoms. The number of nitrogens with one attached hydrogen (secondary N) is 1. The van der Waals surface area contributed by atoms with Crippen molar-refractivity contribution in [2.75, 3.05) is 0 Å². The molecule has 1 aromatic carbocycles. The zero-order valence-corrected chi connectivity index (χ0v) is 11.5.